The molecule has 0 radical (unpaired) electrons. The minimum Gasteiger partial charge on any atom is -0.461 e. The quantitative estimate of drug-likeness (QED) is 0.0395. The van der Waals surface area contributed by atoms with Crippen LogP contribution in [0.5, 0.6) is 0 Å². The molecule has 2 heteroatoms. The summed E-state index contributed by atoms with van der Waals surface area (Å²) >= 11 is 0. The van der Waals surface area contributed by atoms with Crippen molar-refractivity contribution in [2.45, 2.75) is 234 Å². The van der Waals surface area contributed by atoms with Crippen LogP contribution >= 0.6 is 0 Å². The molecule has 0 heterocycles. The summed E-state index contributed by atoms with van der Waals surface area (Å²) in [6.45, 7) is 14.5. The SMILES string of the molecule is CCCCCCCCCCCCCCCCCCCCCCC(=O)OC/C=C(\C)CCC[C@H](C)CCC[C@H](C)CCCC(C)C. The first-order valence-electron chi connectivity index (χ1n) is 20.7. The van der Waals surface area contributed by atoms with Crippen LogP contribution in [-0.2, 0) is 9.53 Å². The molecule has 0 amide bonds. The molecule has 0 aliphatic carbocycles. The second-order valence-corrected chi connectivity index (χ2v) is 15.6. The Labute approximate surface area is 285 Å². The lowest BCUT2D eigenvalue weighted by Crippen LogP contribution is -2.04. The van der Waals surface area contributed by atoms with Crippen LogP contribution in [0.2, 0.25) is 0 Å². The molecule has 2 atom stereocenters. The average Bonchev–Trinajstić information content (AvgIpc) is 3.00. The number of ether oxygens (including phenoxy) is 1. The van der Waals surface area contributed by atoms with Crippen molar-refractivity contribution in [2.24, 2.45) is 17.8 Å². The van der Waals surface area contributed by atoms with Crippen molar-refractivity contribution in [3.05, 3.63) is 11.6 Å². The summed E-state index contributed by atoms with van der Waals surface area (Å²) < 4.78 is 5.48. The van der Waals surface area contributed by atoms with E-state index in [9.17, 15) is 4.79 Å². The standard InChI is InChI=1S/C43H84O2/c1-7-8-9-10-11-12-13-14-15-16-17-18-19-20-21-22-23-24-25-26-36-43(44)45-38-37-42(6)35-29-34-41(5)33-28-32-40(4)31-27-30-39(2)3/h37,39-41H,7-36,38H2,1-6H3/b42-37+/t40-,41-/m1/s1. The number of hydrogen-bond donors (Lipinski definition) is 0. The van der Waals surface area contributed by atoms with Crippen molar-refractivity contribution < 1.29 is 9.53 Å². The fourth-order valence-electron chi connectivity index (χ4n) is 6.68. The van der Waals surface area contributed by atoms with Crippen LogP contribution in [0.25, 0.3) is 0 Å². The molecular formula is C43H84O2. The molecule has 0 aromatic heterocycles. The first-order valence-corrected chi connectivity index (χ1v) is 20.7. The van der Waals surface area contributed by atoms with Gasteiger partial charge in [0.25, 0.3) is 0 Å². The molecular weight excluding hydrogens is 548 g/mol. The number of rotatable bonds is 35. The van der Waals surface area contributed by atoms with Gasteiger partial charge in [-0.2, -0.15) is 0 Å². The summed E-state index contributed by atoms with van der Waals surface area (Å²) in [7, 11) is 0. The number of unbranched alkanes of at least 4 members (excludes halogenated alkanes) is 19. The third kappa shape index (κ3) is 35.9. The minimum atomic E-state index is -0.0199. The maximum atomic E-state index is 12.1. The maximum Gasteiger partial charge on any atom is 0.306 e. The number of carbonyl (C=O) groups is 1. The summed E-state index contributed by atoms with van der Waals surface area (Å²) in [6.07, 6.45) is 42.4. The van der Waals surface area contributed by atoms with Crippen LogP contribution in [-0.4, -0.2) is 12.6 Å². The Balaban J connectivity index is 3.45. The molecule has 2 nitrogen and oxygen atoms in total. The Bertz CT molecular complexity index is 636. The first-order chi connectivity index (χ1) is 21.8. The van der Waals surface area contributed by atoms with E-state index in [0.717, 1.165) is 37.0 Å². The molecule has 0 aromatic carbocycles. The molecule has 0 saturated carbocycles. The van der Waals surface area contributed by atoms with Crippen LogP contribution in [0.15, 0.2) is 11.6 Å². The van der Waals surface area contributed by atoms with Gasteiger partial charge < -0.3 is 4.74 Å². The highest BCUT2D eigenvalue weighted by Crippen LogP contribution is 2.22. The van der Waals surface area contributed by atoms with Gasteiger partial charge in [0.05, 0.1) is 0 Å². The normalized spacial score (nSPS) is 13.4. The Morgan fingerprint density at radius 2 is 0.867 bits per heavy atom. The van der Waals surface area contributed by atoms with Crippen LogP contribution in [0.4, 0.5) is 0 Å². The molecule has 45 heavy (non-hydrogen) atoms. The van der Waals surface area contributed by atoms with Gasteiger partial charge >= 0.3 is 5.97 Å². The van der Waals surface area contributed by atoms with Crippen LogP contribution < -0.4 is 0 Å². The molecule has 0 aliphatic rings. The van der Waals surface area contributed by atoms with E-state index < -0.39 is 0 Å². The summed E-state index contributed by atoms with van der Waals surface area (Å²) in [5, 5.41) is 0. The minimum absolute atomic E-state index is 0.0199. The molecule has 0 aliphatic heterocycles. The van der Waals surface area contributed by atoms with Gasteiger partial charge in [-0.15, -0.1) is 0 Å². The lowest BCUT2D eigenvalue weighted by Gasteiger charge is -2.15. The lowest BCUT2D eigenvalue weighted by molar-refractivity contribution is -0.142. The zero-order chi connectivity index (χ0) is 33.2. The van der Waals surface area contributed by atoms with Crippen molar-refractivity contribution in [3.63, 3.8) is 0 Å². The Kier molecular flexibility index (Phi) is 33.9. The number of esters is 1. The predicted octanol–water partition coefficient (Wildman–Crippen LogP) is 15.1. The van der Waals surface area contributed by atoms with Crippen molar-refractivity contribution in [1.82, 2.24) is 0 Å². The zero-order valence-corrected chi connectivity index (χ0v) is 32.0. The van der Waals surface area contributed by atoms with Gasteiger partial charge in [-0.1, -0.05) is 207 Å². The summed E-state index contributed by atoms with van der Waals surface area (Å²) in [6, 6.07) is 0. The van der Waals surface area contributed by atoms with E-state index in [1.807, 2.05) is 0 Å². The molecule has 0 aromatic rings. The average molecular weight is 633 g/mol. The Hall–Kier alpha value is -0.790. The fraction of sp³-hybridized carbons (Fsp3) is 0.930. The molecule has 268 valence electrons. The highest BCUT2D eigenvalue weighted by molar-refractivity contribution is 5.69. The summed E-state index contributed by atoms with van der Waals surface area (Å²) in [5.41, 5.74) is 1.37. The van der Waals surface area contributed by atoms with Crippen molar-refractivity contribution in [1.29, 1.82) is 0 Å². The zero-order valence-electron chi connectivity index (χ0n) is 32.0. The molecule has 0 rings (SSSR count). The lowest BCUT2D eigenvalue weighted by atomic mass is 9.91. The fourth-order valence-corrected chi connectivity index (χ4v) is 6.68. The first kappa shape index (κ1) is 44.2. The van der Waals surface area contributed by atoms with Gasteiger partial charge in [-0.05, 0) is 50.0 Å². The van der Waals surface area contributed by atoms with E-state index in [1.54, 1.807) is 0 Å². The molecule has 0 fully saturated rings. The molecule has 0 bridgehead atoms. The maximum absolute atomic E-state index is 12.1. The van der Waals surface area contributed by atoms with Gasteiger partial charge in [-0.25, -0.2) is 0 Å². The third-order valence-corrected chi connectivity index (χ3v) is 10.1. The third-order valence-electron chi connectivity index (χ3n) is 10.1. The molecule has 0 unspecified atom stereocenters. The number of carbonyl (C=O) groups excluding carboxylic acids is 1. The van der Waals surface area contributed by atoms with E-state index in [-0.39, 0.29) is 5.97 Å². The second-order valence-electron chi connectivity index (χ2n) is 15.6. The molecule has 0 spiro atoms. The summed E-state index contributed by atoms with van der Waals surface area (Å²) in [5.74, 6) is 2.54. The smallest absolute Gasteiger partial charge is 0.306 e. The van der Waals surface area contributed by atoms with Gasteiger partial charge in [-0.3, -0.25) is 4.79 Å². The highest BCUT2D eigenvalue weighted by atomic mass is 16.5. The van der Waals surface area contributed by atoms with Crippen LogP contribution in [0.3, 0.4) is 0 Å². The van der Waals surface area contributed by atoms with Gasteiger partial charge in [0.15, 0.2) is 0 Å². The highest BCUT2D eigenvalue weighted by Gasteiger charge is 2.07. The van der Waals surface area contributed by atoms with Crippen molar-refractivity contribution in [3.8, 4) is 0 Å². The molecule has 0 saturated heterocycles. The topological polar surface area (TPSA) is 26.3 Å². The van der Waals surface area contributed by atoms with E-state index >= 15 is 0 Å². The molecule has 0 N–H and O–H groups in total. The van der Waals surface area contributed by atoms with E-state index in [1.165, 1.54) is 173 Å². The van der Waals surface area contributed by atoms with E-state index in [2.05, 4.69) is 47.6 Å². The van der Waals surface area contributed by atoms with Crippen LogP contribution in [0, 0.1) is 17.8 Å². The number of allylic oxidation sites excluding steroid dienone is 1. The van der Waals surface area contributed by atoms with Crippen LogP contribution in [0.1, 0.15) is 234 Å². The summed E-state index contributed by atoms with van der Waals surface area (Å²) in [4.78, 5) is 12.1. The van der Waals surface area contributed by atoms with Gasteiger partial charge in [0.2, 0.25) is 0 Å². The second kappa shape index (κ2) is 34.5. The Morgan fingerprint density at radius 1 is 0.489 bits per heavy atom. The van der Waals surface area contributed by atoms with Gasteiger partial charge in [0.1, 0.15) is 6.61 Å². The van der Waals surface area contributed by atoms with E-state index in [0.29, 0.717) is 13.0 Å². The van der Waals surface area contributed by atoms with Gasteiger partial charge in [0, 0.05) is 6.42 Å². The Morgan fingerprint density at radius 3 is 1.29 bits per heavy atom. The predicted molar refractivity (Wildman–Crippen MR) is 202 cm³/mol. The largest absolute Gasteiger partial charge is 0.461 e. The van der Waals surface area contributed by atoms with E-state index in [4.69, 9.17) is 4.74 Å². The van der Waals surface area contributed by atoms with Crippen molar-refractivity contribution >= 4 is 5.97 Å². The monoisotopic (exact) mass is 633 g/mol. The number of hydrogen-bond acceptors (Lipinski definition) is 2. The van der Waals surface area contributed by atoms with Crippen molar-refractivity contribution in [2.75, 3.05) is 6.61 Å².